The van der Waals surface area contributed by atoms with Gasteiger partial charge in [-0.1, -0.05) is 0 Å². The van der Waals surface area contributed by atoms with Gasteiger partial charge in [-0.25, -0.2) is 0 Å². The number of morpholine rings is 1. The zero-order chi connectivity index (χ0) is 21.1. The summed E-state index contributed by atoms with van der Waals surface area (Å²) < 4.78 is 35.4. The highest BCUT2D eigenvalue weighted by Crippen LogP contribution is 2.34. The first-order valence-electron chi connectivity index (χ1n) is 9.07. The Morgan fingerprint density at radius 2 is 2.10 bits per heavy atom. The van der Waals surface area contributed by atoms with Gasteiger partial charge in [-0.2, -0.15) is 8.78 Å². The zero-order valence-electron chi connectivity index (χ0n) is 15.8. The predicted octanol–water partition coefficient (Wildman–Crippen LogP) is 0.538. The molecule has 3 N–H and O–H groups in total. The van der Waals surface area contributed by atoms with Crippen molar-refractivity contribution >= 4 is 29.1 Å². The Morgan fingerprint density at radius 1 is 1.38 bits per heavy atom. The second-order valence-electron chi connectivity index (χ2n) is 6.85. The molecular formula is C18H22F2N4O5. The molecule has 0 aromatic heterocycles. The molecule has 2 aliphatic rings. The highest BCUT2D eigenvalue weighted by molar-refractivity contribution is 6.09. The van der Waals surface area contributed by atoms with E-state index < -0.39 is 30.4 Å². The highest BCUT2D eigenvalue weighted by Gasteiger charge is 2.38. The number of nitrogens with one attached hydrogen (secondary N) is 1. The number of amides is 3. The van der Waals surface area contributed by atoms with E-state index in [1.807, 2.05) is 0 Å². The average Bonchev–Trinajstić information content (AvgIpc) is 3.47. The molecule has 9 nitrogen and oxygen atoms in total. The number of carbonyl (C=O) groups excluding carboxylic acids is 3. The normalized spacial score (nSPS) is 18.1. The number of ether oxygens (including phenoxy) is 2. The van der Waals surface area contributed by atoms with E-state index in [9.17, 15) is 23.2 Å². The largest absolute Gasteiger partial charge is 0.433 e. The smallest absolute Gasteiger partial charge is 0.387 e. The van der Waals surface area contributed by atoms with Gasteiger partial charge in [-0.3, -0.25) is 19.3 Å². The number of nitrogens with two attached hydrogens (primary N) is 1. The van der Waals surface area contributed by atoms with Crippen LogP contribution in [0, 0.1) is 0 Å². The molecule has 1 aromatic carbocycles. The van der Waals surface area contributed by atoms with Crippen molar-refractivity contribution < 1.29 is 32.6 Å². The summed E-state index contributed by atoms with van der Waals surface area (Å²) >= 11 is 0. The number of benzene rings is 1. The molecule has 11 heteroatoms. The number of halogens is 2. The number of primary amides is 1. The molecule has 3 amide bonds. The van der Waals surface area contributed by atoms with Crippen LogP contribution in [0.4, 0.5) is 20.2 Å². The van der Waals surface area contributed by atoms with Crippen molar-refractivity contribution in [2.45, 2.75) is 31.5 Å². The van der Waals surface area contributed by atoms with Gasteiger partial charge in [0.1, 0.15) is 6.61 Å². The molecular weight excluding hydrogens is 390 g/mol. The lowest BCUT2D eigenvalue weighted by atomic mass is 10.2. The van der Waals surface area contributed by atoms with E-state index in [0.29, 0.717) is 0 Å². The maximum Gasteiger partial charge on any atom is 0.387 e. The molecule has 3 rings (SSSR count). The third kappa shape index (κ3) is 4.98. The monoisotopic (exact) mass is 412 g/mol. The van der Waals surface area contributed by atoms with Gasteiger partial charge in [-0.05, 0) is 32.0 Å². The fourth-order valence-electron chi connectivity index (χ4n) is 3.20. The molecule has 1 atom stereocenters. The number of hydrogen-bond acceptors (Lipinski definition) is 6. The maximum atomic E-state index is 12.9. The van der Waals surface area contributed by atoms with Crippen LogP contribution in [-0.4, -0.2) is 68.1 Å². The molecule has 2 fully saturated rings. The van der Waals surface area contributed by atoms with Crippen molar-refractivity contribution in [2.24, 2.45) is 5.73 Å². The number of carbonyl (C=O) groups is 3. The van der Waals surface area contributed by atoms with Crippen LogP contribution < -0.4 is 20.7 Å². The molecule has 29 heavy (non-hydrogen) atoms. The van der Waals surface area contributed by atoms with E-state index in [-0.39, 0.29) is 42.9 Å². The molecule has 1 heterocycles. The Labute approximate surface area is 165 Å². The minimum absolute atomic E-state index is 0.102. The molecule has 1 aromatic rings. The highest BCUT2D eigenvalue weighted by atomic mass is 19.3. The molecule has 0 bridgehead atoms. The zero-order valence-corrected chi connectivity index (χ0v) is 15.8. The van der Waals surface area contributed by atoms with Crippen LogP contribution in [-0.2, 0) is 19.1 Å². The maximum absolute atomic E-state index is 12.9. The second-order valence-corrected chi connectivity index (χ2v) is 6.85. The van der Waals surface area contributed by atoms with Crippen LogP contribution in [0.15, 0.2) is 18.2 Å². The average molecular weight is 412 g/mol. The summed E-state index contributed by atoms with van der Waals surface area (Å²) in [6.45, 7) is -2.86. The summed E-state index contributed by atoms with van der Waals surface area (Å²) in [5.74, 6) is -2.16. The Bertz CT molecular complexity index is 802. The van der Waals surface area contributed by atoms with Gasteiger partial charge in [0.25, 0.3) is 11.8 Å². The van der Waals surface area contributed by atoms with E-state index in [1.54, 1.807) is 11.9 Å². The fraction of sp³-hybridized carbons (Fsp3) is 0.500. The van der Waals surface area contributed by atoms with E-state index in [2.05, 4.69) is 10.1 Å². The Balaban J connectivity index is 1.82. The minimum Gasteiger partial charge on any atom is -0.433 e. The van der Waals surface area contributed by atoms with Crippen molar-refractivity contribution in [2.75, 3.05) is 37.0 Å². The van der Waals surface area contributed by atoms with Crippen molar-refractivity contribution in [3.8, 4) is 5.75 Å². The van der Waals surface area contributed by atoms with Gasteiger partial charge < -0.3 is 25.4 Å². The van der Waals surface area contributed by atoms with E-state index in [4.69, 9.17) is 10.5 Å². The summed E-state index contributed by atoms with van der Waals surface area (Å²) in [5, 5.41) is 2.51. The van der Waals surface area contributed by atoms with E-state index in [0.717, 1.165) is 12.8 Å². The standard InChI is InChI=1S/C18H22F2N4O5/c1-23(11-3-4-11)15(16(21)26)17(27)22-10-2-5-12(13(8-10)29-18(19)20)24-6-7-28-9-14(24)25/h2,5,8,11,15,18H,3-4,6-7,9H2,1H3,(H2,21,26)(H,22,27)/t15-/m0/s1. The van der Waals surface area contributed by atoms with Gasteiger partial charge in [-0.15, -0.1) is 0 Å². The molecule has 0 spiro atoms. The van der Waals surface area contributed by atoms with Gasteiger partial charge in [0.05, 0.1) is 12.3 Å². The Morgan fingerprint density at radius 3 is 2.69 bits per heavy atom. The van der Waals surface area contributed by atoms with Gasteiger partial charge >= 0.3 is 6.61 Å². The SMILES string of the molecule is CN(C1CC1)[C@@H](C(N)=O)C(=O)Nc1ccc(N2CCOCC2=O)c(OC(F)F)c1. The van der Waals surface area contributed by atoms with Crippen LogP contribution >= 0.6 is 0 Å². The molecule has 0 unspecified atom stereocenters. The molecule has 1 saturated heterocycles. The first kappa shape index (κ1) is 20.9. The topological polar surface area (TPSA) is 114 Å². The van der Waals surface area contributed by atoms with Crippen LogP contribution in [0.5, 0.6) is 5.75 Å². The first-order valence-corrected chi connectivity index (χ1v) is 9.07. The van der Waals surface area contributed by atoms with Crippen LogP contribution in [0.25, 0.3) is 0 Å². The van der Waals surface area contributed by atoms with Gasteiger partial charge in [0.2, 0.25) is 5.91 Å². The minimum atomic E-state index is -3.13. The number of likely N-dealkylation sites (N-methyl/N-ethyl adjacent to an activating group) is 1. The second kappa shape index (κ2) is 8.70. The number of alkyl halides is 2. The van der Waals surface area contributed by atoms with Crippen molar-refractivity contribution in [3.63, 3.8) is 0 Å². The Kier molecular flexibility index (Phi) is 6.28. The Hall–Kier alpha value is -2.79. The number of rotatable bonds is 8. The summed E-state index contributed by atoms with van der Waals surface area (Å²) in [5.41, 5.74) is 5.64. The third-order valence-corrected chi connectivity index (χ3v) is 4.77. The lowest BCUT2D eigenvalue weighted by Crippen LogP contribution is -2.51. The van der Waals surface area contributed by atoms with E-state index >= 15 is 0 Å². The molecule has 1 aliphatic carbocycles. The summed E-state index contributed by atoms with van der Waals surface area (Å²) in [4.78, 5) is 39.2. The van der Waals surface area contributed by atoms with Crippen LogP contribution in [0.1, 0.15) is 12.8 Å². The predicted molar refractivity (Wildman–Crippen MR) is 98.6 cm³/mol. The lowest BCUT2D eigenvalue weighted by Gasteiger charge is -2.29. The molecule has 1 aliphatic heterocycles. The summed E-state index contributed by atoms with van der Waals surface area (Å²) in [7, 11) is 1.63. The molecule has 0 radical (unpaired) electrons. The van der Waals surface area contributed by atoms with Crippen LogP contribution in [0.3, 0.4) is 0 Å². The lowest BCUT2D eigenvalue weighted by molar-refractivity contribution is -0.132. The molecule has 158 valence electrons. The first-order chi connectivity index (χ1) is 13.8. The number of anilines is 2. The quantitative estimate of drug-likeness (QED) is 0.603. The number of hydrogen-bond donors (Lipinski definition) is 2. The number of nitrogens with zero attached hydrogens (tertiary/aromatic N) is 2. The summed E-state index contributed by atoms with van der Waals surface area (Å²) in [6.07, 6.45) is 1.73. The summed E-state index contributed by atoms with van der Waals surface area (Å²) in [6, 6.07) is 2.91. The third-order valence-electron chi connectivity index (χ3n) is 4.77. The van der Waals surface area contributed by atoms with Crippen molar-refractivity contribution in [3.05, 3.63) is 18.2 Å². The van der Waals surface area contributed by atoms with Crippen molar-refractivity contribution in [1.29, 1.82) is 0 Å². The van der Waals surface area contributed by atoms with Crippen molar-refractivity contribution in [1.82, 2.24) is 4.90 Å². The van der Waals surface area contributed by atoms with Gasteiger partial charge in [0, 0.05) is 24.3 Å². The van der Waals surface area contributed by atoms with Crippen LogP contribution in [0.2, 0.25) is 0 Å². The van der Waals surface area contributed by atoms with Gasteiger partial charge in [0.15, 0.2) is 11.8 Å². The van der Waals surface area contributed by atoms with E-state index in [1.165, 1.54) is 23.1 Å². The fourth-order valence-corrected chi connectivity index (χ4v) is 3.20. The molecule has 1 saturated carbocycles.